The Morgan fingerprint density at radius 1 is 1.04 bits per heavy atom. The van der Waals surface area contributed by atoms with Crippen molar-refractivity contribution in [3.63, 3.8) is 0 Å². The Morgan fingerprint density at radius 2 is 1.73 bits per heavy atom. The molecular formula is C19H22N5OP. The minimum absolute atomic E-state index is 0.0397. The van der Waals surface area contributed by atoms with Gasteiger partial charge in [0.25, 0.3) is 0 Å². The van der Waals surface area contributed by atoms with E-state index in [-0.39, 0.29) is 11.9 Å². The third-order valence-electron chi connectivity index (χ3n) is 4.92. The Morgan fingerprint density at radius 3 is 2.42 bits per heavy atom. The number of rotatable bonds is 4. The Kier molecular flexibility index (Phi) is 4.81. The number of benzene rings is 2. The summed E-state index contributed by atoms with van der Waals surface area (Å²) in [5.74, 6) is 0.0796. The highest BCUT2D eigenvalue weighted by atomic mass is 31.0. The molecule has 1 saturated heterocycles. The number of nitrogens with zero attached hydrogens (tertiary/aromatic N) is 5. The molecule has 26 heavy (non-hydrogen) atoms. The summed E-state index contributed by atoms with van der Waals surface area (Å²) in [7, 11) is 2.78. The molecule has 1 aliphatic heterocycles. The highest BCUT2D eigenvalue weighted by Gasteiger charge is 2.27. The third-order valence-corrected chi connectivity index (χ3v) is 5.44. The van der Waals surface area contributed by atoms with Crippen LogP contribution in [0.5, 0.6) is 0 Å². The standard InChI is InChI=1S/C19H22N5OP/c1-14(25)15-6-8-16(9-7-15)19(22-10-12-23(26)13-11-22)24-18-5-3-2-4-17(18)20-21-24/h2-9,19H,10-13,26H2,1H3. The Bertz CT molecular complexity index is 915. The van der Waals surface area contributed by atoms with Crippen molar-refractivity contribution < 1.29 is 4.79 Å². The summed E-state index contributed by atoms with van der Waals surface area (Å²) in [5.41, 5.74) is 3.75. The second-order valence-electron chi connectivity index (χ2n) is 6.65. The number of fused-ring (bicyclic) bond motifs is 1. The molecular weight excluding hydrogens is 345 g/mol. The first kappa shape index (κ1) is 17.3. The number of carbonyl (C=O) groups is 1. The summed E-state index contributed by atoms with van der Waals surface area (Å²) >= 11 is 0. The van der Waals surface area contributed by atoms with Gasteiger partial charge in [-0.05, 0) is 24.6 Å². The van der Waals surface area contributed by atoms with Crippen molar-refractivity contribution in [2.24, 2.45) is 0 Å². The van der Waals surface area contributed by atoms with Gasteiger partial charge < -0.3 is 0 Å². The van der Waals surface area contributed by atoms with Crippen molar-refractivity contribution in [3.05, 3.63) is 59.7 Å². The molecule has 1 fully saturated rings. The van der Waals surface area contributed by atoms with Gasteiger partial charge in [-0.15, -0.1) is 5.10 Å². The van der Waals surface area contributed by atoms with Gasteiger partial charge in [-0.1, -0.05) is 51.0 Å². The molecule has 0 aliphatic carbocycles. The summed E-state index contributed by atoms with van der Waals surface area (Å²) in [5, 5.41) is 8.80. The van der Waals surface area contributed by atoms with Crippen LogP contribution in [0, 0.1) is 0 Å². The largest absolute Gasteiger partial charge is 0.295 e. The van der Waals surface area contributed by atoms with Crippen LogP contribution in [0.2, 0.25) is 0 Å². The average Bonchev–Trinajstić information content (AvgIpc) is 3.08. The third kappa shape index (κ3) is 3.28. The van der Waals surface area contributed by atoms with Crippen molar-refractivity contribution >= 4 is 26.2 Å². The van der Waals surface area contributed by atoms with Crippen LogP contribution in [0.4, 0.5) is 0 Å². The van der Waals surface area contributed by atoms with Crippen LogP contribution in [-0.2, 0) is 0 Å². The smallest absolute Gasteiger partial charge is 0.159 e. The summed E-state index contributed by atoms with van der Waals surface area (Å²) < 4.78 is 4.25. The highest BCUT2D eigenvalue weighted by molar-refractivity contribution is 7.13. The van der Waals surface area contributed by atoms with Crippen LogP contribution in [0.1, 0.15) is 29.0 Å². The molecule has 0 amide bonds. The number of aromatic nitrogens is 3. The first-order valence-corrected chi connectivity index (χ1v) is 9.29. The molecule has 2 unspecified atom stereocenters. The molecule has 1 aromatic heterocycles. The van der Waals surface area contributed by atoms with E-state index in [9.17, 15) is 4.79 Å². The van der Waals surface area contributed by atoms with Crippen LogP contribution in [0.3, 0.4) is 0 Å². The van der Waals surface area contributed by atoms with Gasteiger partial charge in [0.15, 0.2) is 5.78 Å². The van der Waals surface area contributed by atoms with E-state index in [1.54, 1.807) is 6.92 Å². The molecule has 0 spiro atoms. The van der Waals surface area contributed by atoms with Gasteiger partial charge >= 0.3 is 0 Å². The number of hydrogen-bond acceptors (Lipinski definition) is 5. The fourth-order valence-electron chi connectivity index (χ4n) is 3.45. The monoisotopic (exact) mass is 367 g/mol. The van der Waals surface area contributed by atoms with Crippen molar-refractivity contribution in [1.82, 2.24) is 24.6 Å². The Labute approximate surface area is 155 Å². The maximum Gasteiger partial charge on any atom is 0.159 e. The number of para-hydroxylation sites is 1. The Balaban J connectivity index is 1.77. The first-order valence-electron chi connectivity index (χ1n) is 8.78. The van der Waals surface area contributed by atoms with Gasteiger partial charge in [0.05, 0.1) is 5.52 Å². The predicted octanol–water partition coefficient (Wildman–Crippen LogP) is 2.59. The summed E-state index contributed by atoms with van der Waals surface area (Å²) in [6.07, 6.45) is -0.0397. The topological polar surface area (TPSA) is 54.3 Å². The minimum atomic E-state index is -0.0397. The molecule has 4 rings (SSSR count). The van der Waals surface area contributed by atoms with Crippen molar-refractivity contribution in [3.8, 4) is 0 Å². The lowest BCUT2D eigenvalue weighted by Gasteiger charge is -2.38. The maximum absolute atomic E-state index is 11.6. The van der Waals surface area contributed by atoms with E-state index < -0.39 is 0 Å². The van der Waals surface area contributed by atoms with Crippen LogP contribution in [0.15, 0.2) is 48.5 Å². The molecule has 134 valence electrons. The number of ketones is 1. The lowest BCUT2D eigenvalue weighted by Crippen LogP contribution is -2.46. The van der Waals surface area contributed by atoms with Gasteiger partial charge in [-0.3, -0.25) is 14.4 Å². The SMILES string of the molecule is CC(=O)c1ccc(C(N2CCN(P)CC2)n2nnc3ccccc32)cc1. The molecule has 7 heteroatoms. The van der Waals surface area contributed by atoms with Crippen LogP contribution in [-0.4, -0.2) is 56.5 Å². The number of Topliss-reactive ketones (excluding diaryl/α,β-unsaturated/α-hetero) is 1. The van der Waals surface area contributed by atoms with E-state index in [0.717, 1.165) is 48.3 Å². The van der Waals surface area contributed by atoms with E-state index >= 15 is 0 Å². The van der Waals surface area contributed by atoms with Gasteiger partial charge in [0.1, 0.15) is 11.7 Å². The molecule has 0 radical (unpaired) electrons. The van der Waals surface area contributed by atoms with E-state index in [1.165, 1.54) is 0 Å². The fourth-order valence-corrected chi connectivity index (χ4v) is 3.68. The zero-order chi connectivity index (χ0) is 18.1. The summed E-state index contributed by atoms with van der Waals surface area (Å²) in [6.45, 7) is 5.45. The van der Waals surface area contributed by atoms with Crippen molar-refractivity contribution in [1.29, 1.82) is 0 Å². The zero-order valence-electron chi connectivity index (χ0n) is 14.7. The molecule has 1 aliphatic rings. The van der Waals surface area contributed by atoms with Gasteiger partial charge in [0, 0.05) is 31.7 Å². The molecule has 0 bridgehead atoms. The second-order valence-corrected chi connectivity index (χ2v) is 7.38. The Hall–Kier alpha value is -2.14. The van der Waals surface area contributed by atoms with Gasteiger partial charge in [-0.25, -0.2) is 4.68 Å². The van der Waals surface area contributed by atoms with Crippen molar-refractivity contribution in [2.75, 3.05) is 26.2 Å². The fraction of sp³-hybridized carbons (Fsp3) is 0.316. The molecule has 0 saturated carbocycles. The number of hydrogen-bond donors (Lipinski definition) is 0. The summed E-state index contributed by atoms with van der Waals surface area (Å²) in [4.78, 5) is 14.0. The minimum Gasteiger partial charge on any atom is -0.295 e. The lowest BCUT2D eigenvalue weighted by atomic mass is 10.1. The quantitative estimate of drug-likeness (QED) is 0.524. The molecule has 2 heterocycles. The molecule has 6 nitrogen and oxygen atoms in total. The van der Waals surface area contributed by atoms with E-state index in [4.69, 9.17) is 0 Å². The average molecular weight is 367 g/mol. The van der Waals surface area contributed by atoms with Gasteiger partial charge in [-0.2, -0.15) is 0 Å². The molecule has 0 N–H and O–H groups in total. The van der Waals surface area contributed by atoms with Crippen LogP contribution in [0.25, 0.3) is 11.0 Å². The van der Waals surface area contributed by atoms with Crippen molar-refractivity contribution in [2.45, 2.75) is 13.1 Å². The maximum atomic E-state index is 11.6. The zero-order valence-corrected chi connectivity index (χ0v) is 15.9. The summed E-state index contributed by atoms with van der Waals surface area (Å²) in [6, 6.07) is 15.9. The highest BCUT2D eigenvalue weighted by Crippen LogP contribution is 2.27. The number of piperazine rings is 1. The first-order chi connectivity index (χ1) is 12.6. The second kappa shape index (κ2) is 7.23. The molecule has 3 aromatic rings. The lowest BCUT2D eigenvalue weighted by molar-refractivity contribution is 0.101. The van der Waals surface area contributed by atoms with E-state index in [0.29, 0.717) is 0 Å². The predicted molar refractivity (Wildman–Crippen MR) is 105 cm³/mol. The normalized spacial score (nSPS) is 17.5. The van der Waals surface area contributed by atoms with Gasteiger partial charge in [0.2, 0.25) is 0 Å². The molecule has 2 aromatic carbocycles. The number of carbonyl (C=O) groups excluding carboxylic acids is 1. The van der Waals surface area contributed by atoms with Crippen LogP contribution < -0.4 is 0 Å². The van der Waals surface area contributed by atoms with E-state index in [2.05, 4.69) is 35.3 Å². The molecule has 2 atom stereocenters. The van der Waals surface area contributed by atoms with Crippen LogP contribution >= 0.6 is 9.39 Å². The van der Waals surface area contributed by atoms with E-state index in [1.807, 2.05) is 47.1 Å².